The molecule has 0 atom stereocenters. The SMILES string of the molecule is C.Cc1ccc(-c2ccc(F)cc2F)c2c1CCN(C(=O)N=C(N)N)C2. The van der Waals surface area contributed by atoms with E-state index < -0.39 is 17.7 Å². The first-order valence-electron chi connectivity index (χ1n) is 7.82. The van der Waals surface area contributed by atoms with Crippen LogP contribution in [-0.2, 0) is 13.0 Å². The van der Waals surface area contributed by atoms with E-state index in [2.05, 4.69) is 4.99 Å². The van der Waals surface area contributed by atoms with Gasteiger partial charge in [0.15, 0.2) is 5.96 Å². The molecule has 1 aliphatic heterocycles. The first-order valence-corrected chi connectivity index (χ1v) is 7.82. The summed E-state index contributed by atoms with van der Waals surface area (Å²) in [7, 11) is 0. The van der Waals surface area contributed by atoms with Crippen LogP contribution in [0.4, 0.5) is 13.6 Å². The Kier molecular flexibility index (Phi) is 5.59. The molecule has 1 aliphatic rings. The van der Waals surface area contributed by atoms with Gasteiger partial charge in [-0.1, -0.05) is 19.6 Å². The number of hydrogen-bond acceptors (Lipinski definition) is 1. The lowest BCUT2D eigenvalue weighted by Crippen LogP contribution is -2.37. The number of aryl methyl sites for hydroxylation is 1. The number of nitrogens with zero attached hydrogens (tertiary/aromatic N) is 2. The predicted octanol–water partition coefficient (Wildman–Crippen LogP) is 3.33. The van der Waals surface area contributed by atoms with Crippen molar-refractivity contribution >= 4 is 12.0 Å². The molecule has 26 heavy (non-hydrogen) atoms. The van der Waals surface area contributed by atoms with E-state index in [9.17, 15) is 13.6 Å². The Balaban J connectivity index is 0.00000243. The number of nitrogens with two attached hydrogens (primary N) is 2. The maximum Gasteiger partial charge on any atom is 0.347 e. The number of carbonyl (C=O) groups is 1. The van der Waals surface area contributed by atoms with Crippen LogP contribution in [-0.4, -0.2) is 23.4 Å². The maximum absolute atomic E-state index is 14.3. The zero-order chi connectivity index (χ0) is 18.1. The van der Waals surface area contributed by atoms with Crippen LogP contribution in [0.1, 0.15) is 24.1 Å². The molecule has 0 aromatic heterocycles. The molecule has 0 fully saturated rings. The third-order valence-corrected chi connectivity index (χ3v) is 4.36. The second kappa shape index (κ2) is 7.51. The third-order valence-electron chi connectivity index (χ3n) is 4.36. The minimum Gasteiger partial charge on any atom is -0.370 e. The Bertz CT molecular complexity index is 876. The van der Waals surface area contributed by atoms with Crippen LogP contribution in [0.25, 0.3) is 11.1 Å². The lowest BCUT2D eigenvalue weighted by atomic mass is 9.88. The average Bonchev–Trinajstić information content (AvgIpc) is 2.55. The number of fused-ring (bicyclic) bond motifs is 1. The zero-order valence-electron chi connectivity index (χ0n) is 13.7. The number of carbonyl (C=O) groups excluding carboxylic acids is 1. The van der Waals surface area contributed by atoms with Crippen molar-refractivity contribution in [3.8, 4) is 11.1 Å². The molecular weight excluding hydrogens is 338 g/mol. The van der Waals surface area contributed by atoms with Gasteiger partial charge < -0.3 is 16.4 Å². The van der Waals surface area contributed by atoms with Gasteiger partial charge in [0.1, 0.15) is 11.6 Å². The molecule has 0 saturated carbocycles. The van der Waals surface area contributed by atoms with Crippen LogP contribution in [0.5, 0.6) is 0 Å². The topological polar surface area (TPSA) is 84.7 Å². The summed E-state index contributed by atoms with van der Waals surface area (Å²) in [6, 6.07) is 6.65. The first-order chi connectivity index (χ1) is 11.9. The molecule has 0 bridgehead atoms. The van der Waals surface area contributed by atoms with E-state index in [-0.39, 0.29) is 19.9 Å². The van der Waals surface area contributed by atoms with E-state index in [0.717, 1.165) is 22.8 Å². The summed E-state index contributed by atoms with van der Waals surface area (Å²) in [5.41, 5.74) is 14.4. The number of aliphatic imine (C=N–C) groups is 1. The van der Waals surface area contributed by atoms with E-state index in [4.69, 9.17) is 11.5 Å². The van der Waals surface area contributed by atoms with Gasteiger partial charge in [-0.3, -0.25) is 0 Å². The van der Waals surface area contributed by atoms with Crippen LogP contribution in [0, 0.1) is 18.6 Å². The molecule has 0 unspecified atom stereocenters. The summed E-state index contributed by atoms with van der Waals surface area (Å²) in [6.07, 6.45) is 0.615. The molecular formula is C19H22F2N4O. The Morgan fingerprint density at radius 2 is 1.81 bits per heavy atom. The zero-order valence-corrected chi connectivity index (χ0v) is 13.7. The Labute approximate surface area is 151 Å². The summed E-state index contributed by atoms with van der Waals surface area (Å²) in [4.78, 5) is 17.2. The average molecular weight is 360 g/mol. The number of hydrogen-bond donors (Lipinski definition) is 2. The van der Waals surface area contributed by atoms with Gasteiger partial charge >= 0.3 is 6.03 Å². The highest BCUT2D eigenvalue weighted by atomic mass is 19.1. The van der Waals surface area contributed by atoms with Crippen molar-refractivity contribution in [2.24, 2.45) is 16.5 Å². The summed E-state index contributed by atoms with van der Waals surface area (Å²) in [5, 5.41) is 0. The Hall–Kier alpha value is -2.96. The predicted molar refractivity (Wildman–Crippen MR) is 98.6 cm³/mol. The number of amides is 2. The molecule has 7 heteroatoms. The van der Waals surface area contributed by atoms with Crippen LogP contribution in [0.2, 0.25) is 0 Å². The Morgan fingerprint density at radius 1 is 1.12 bits per heavy atom. The van der Waals surface area contributed by atoms with Crippen LogP contribution >= 0.6 is 0 Å². The number of urea groups is 1. The van der Waals surface area contributed by atoms with Crippen molar-refractivity contribution in [2.75, 3.05) is 6.54 Å². The minimum atomic E-state index is -0.640. The lowest BCUT2D eigenvalue weighted by molar-refractivity contribution is 0.202. The summed E-state index contributed by atoms with van der Waals surface area (Å²) in [6.45, 7) is 2.70. The van der Waals surface area contributed by atoms with Crippen molar-refractivity contribution in [3.63, 3.8) is 0 Å². The van der Waals surface area contributed by atoms with Crippen molar-refractivity contribution in [3.05, 3.63) is 58.7 Å². The molecule has 138 valence electrons. The van der Waals surface area contributed by atoms with Gasteiger partial charge in [-0.05, 0) is 47.7 Å². The summed E-state index contributed by atoms with van der Waals surface area (Å²) >= 11 is 0. The normalized spacial score (nSPS) is 12.8. The number of benzene rings is 2. The molecule has 5 nitrogen and oxygen atoms in total. The third kappa shape index (κ3) is 3.66. The van der Waals surface area contributed by atoms with Gasteiger partial charge in [-0.15, -0.1) is 0 Å². The van der Waals surface area contributed by atoms with E-state index in [1.165, 1.54) is 17.0 Å². The second-order valence-corrected chi connectivity index (χ2v) is 6.00. The molecule has 2 aromatic carbocycles. The van der Waals surface area contributed by atoms with E-state index in [1.54, 1.807) is 6.07 Å². The molecule has 1 heterocycles. The molecule has 2 aromatic rings. The van der Waals surface area contributed by atoms with Crippen molar-refractivity contribution in [1.82, 2.24) is 4.90 Å². The fourth-order valence-electron chi connectivity index (χ4n) is 3.16. The van der Waals surface area contributed by atoms with Gasteiger partial charge in [0, 0.05) is 24.7 Å². The highest BCUT2D eigenvalue weighted by Gasteiger charge is 2.25. The quantitative estimate of drug-likeness (QED) is 0.604. The van der Waals surface area contributed by atoms with Gasteiger partial charge in [0.25, 0.3) is 0 Å². The summed E-state index contributed by atoms with van der Waals surface area (Å²) < 4.78 is 27.5. The van der Waals surface area contributed by atoms with Crippen LogP contribution in [0.3, 0.4) is 0 Å². The van der Waals surface area contributed by atoms with E-state index >= 15 is 0 Å². The second-order valence-electron chi connectivity index (χ2n) is 6.00. The fraction of sp³-hybridized carbons (Fsp3) is 0.263. The van der Waals surface area contributed by atoms with E-state index in [1.807, 2.05) is 13.0 Å². The molecule has 3 rings (SSSR count). The number of rotatable bonds is 1. The number of guanidine groups is 1. The maximum atomic E-state index is 14.3. The lowest BCUT2D eigenvalue weighted by Gasteiger charge is -2.30. The van der Waals surface area contributed by atoms with Crippen LogP contribution < -0.4 is 11.5 Å². The number of halogens is 2. The fourth-order valence-corrected chi connectivity index (χ4v) is 3.16. The molecule has 0 aliphatic carbocycles. The summed E-state index contributed by atoms with van der Waals surface area (Å²) in [5.74, 6) is -1.57. The van der Waals surface area contributed by atoms with Crippen molar-refractivity contribution in [1.29, 1.82) is 0 Å². The highest BCUT2D eigenvalue weighted by Crippen LogP contribution is 2.34. The molecule has 4 N–H and O–H groups in total. The smallest absolute Gasteiger partial charge is 0.347 e. The van der Waals surface area contributed by atoms with Crippen molar-refractivity contribution < 1.29 is 13.6 Å². The van der Waals surface area contributed by atoms with Crippen molar-refractivity contribution in [2.45, 2.75) is 27.3 Å². The molecule has 2 amide bonds. The first kappa shape index (κ1) is 19.4. The highest BCUT2D eigenvalue weighted by molar-refractivity contribution is 5.90. The monoisotopic (exact) mass is 360 g/mol. The largest absolute Gasteiger partial charge is 0.370 e. The van der Waals surface area contributed by atoms with Gasteiger partial charge in [-0.25, -0.2) is 13.6 Å². The molecule has 0 spiro atoms. The minimum absolute atomic E-state index is 0. The van der Waals surface area contributed by atoms with Gasteiger partial charge in [-0.2, -0.15) is 4.99 Å². The Morgan fingerprint density at radius 3 is 2.46 bits per heavy atom. The standard InChI is InChI=1S/C18H18F2N4O.CH4/c1-10-2-4-13(14-5-3-11(19)8-16(14)20)15-9-24(7-6-12(10)15)18(25)23-17(21)22;/h2-5,8H,6-7,9H2,1H3,(H4,21,22,23,25);1H4. The van der Waals surface area contributed by atoms with Gasteiger partial charge in [0.05, 0.1) is 0 Å². The van der Waals surface area contributed by atoms with E-state index in [0.29, 0.717) is 24.1 Å². The molecule has 0 saturated heterocycles. The molecule has 0 radical (unpaired) electrons. The van der Waals surface area contributed by atoms with Crippen LogP contribution in [0.15, 0.2) is 35.3 Å². The van der Waals surface area contributed by atoms with Gasteiger partial charge in [0.2, 0.25) is 0 Å².